The average molecular weight is 411 g/mol. The van der Waals surface area contributed by atoms with Gasteiger partial charge in [0.25, 0.3) is 0 Å². The molecule has 2 fully saturated rings. The van der Waals surface area contributed by atoms with Gasteiger partial charge in [0.1, 0.15) is 18.0 Å². The molecular formula is C20H27ClN2O5. The monoisotopic (exact) mass is 410 g/mol. The van der Waals surface area contributed by atoms with Crippen LogP contribution in [0, 0.1) is 12.8 Å². The third-order valence-electron chi connectivity index (χ3n) is 5.26. The molecule has 0 unspecified atom stereocenters. The molecule has 2 amide bonds. The number of carbonyl (C=O) groups is 2. The van der Waals surface area contributed by atoms with Crippen molar-refractivity contribution in [3.05, 3.63) is 28.8 Å². The summed E-state index contributed by atoms with van der Waals surface area (Å²) in [4.78, 5) is 26.4. The van der Waals surface area contributed by atoms with E-state index in [-0.39, 0.29) is 31.4 Å². The summed E-state index contributed by atoms with van der Waals surface area (Å²) < 4.78 is 17.2. The highest BCUT2D eigenvalue weighted by molar-refractivity contribution is 6.31. The van der Waals surface area contributed by atoms with Crippen LogP contribution in [-0.2, 0) is 19.1 Å². The standard InChI is InChI=1S/C20H27ClN2O5/c1-14-10-16(2-3-17(14)21)27-13-20(11-18(22)24)12-23(6-9-28-20)19(25)15-4-7-26-8-5-15/h2-3,10,15H,4-9,11-13H2,1H3,(H2,22,24)/t20-/m1/s1. The molecular weight excluding hydrogens is 384 g/mol. The number of hydrogen-bond acceptors (Lipinski definition) is 5. The van der Waals surface area contributed by atoms with Crippen molar-refractivity contribution in [1.82, 2.24) is 4.90 Å². The van der Waals surface area contributed by atoms with E-state index in [1.165, 1.54) is 0 Å². The number of halogens is 1. The van der Waals surface area contributed by atoms with Gasteiger partial charge < -0.3 is 24.8 Å². The first-order valence-corrected chi connectivity index (χ1v) is 9.94. The molecule has 0 aliphatic carbocycles. The van der Waals surface area contributed by atoms with Gasteiger partial charge in [-0.3, -0.25) is 9.59 Å². The van der Waals surface area contributed by atoms with E-state index in [4.69, 9.17) is 31.5 Å². The Morgan fingerprint density at radius 3 is 2.75 bits per heavy atom. The number of benzene rings is 1. The predicted octanol–water partition coefficient (Wildman–Crippen LogP) is 1.93. The van der Waals surface area contributed by atoms with E-state index in [9.17, 15) is 9.59 Å². The number of nitrogens with zero attached hydrogens (tertiary/aromatic N) is 1. The molecule has 2 saturated heterocycles. The molecule has 0 bridgehead atoms. The van der Waals surface area contributed by atoms with Gasteiger partial charge in [-0.15, -0.1) is 0 Å². The van der Waals surface area contributed by atoms with Crippen molar-refractivity contribution in [2.75, 3.05) is 39.5 Å². The lowest BCUT2D eigenvalue weighted by Crippen LogP contribution is -2.59. The fraction of sp³-hybridized carbons (Fsp3) is 0.600. The number of ether oxygens (including phenoxy) is 3. The summed E-state index contributed by atoms with van der Waals surface area (Å²) in [5.74, 6) is 0.180. The summed E-state index contributed by atoms with van der Waals surface area (Å²) in [5.41, 5.74) is 5.41. The van der Waals surface area contributed by atoms with Gasteiger partial charge in [-0.05, 0) is 43.5 Å². The highest BCUT2D eigenvalue weighted by atomic mass is 35.5. The zero-order valence-corrected chi connectivity index (χ0v) is 16.9. The zero-order valence-electron chi connectivity index (χ0n) is 16.1. The molecule has 0 saturated carbocycles. The summed E-state index contributed by atoms with van der Waals surface area (Å²) in [7, 11) is 0. The molecule has 3 rings (SSSR count). The minimum atomic E-state index is -0.960. The minimum absolute atomic E-state index is 0.0167. The molecule has 7 nitrogen and oxygen atoms in total. The maximum absolute atomic E-state index is 12.9. The van der Waals surface area contributed by atoms with Gasteiger partial charge in [-0.1, -0.05) is 11.6 Å². The number of nitrogens with two attached hydrogens (primary N) is 1. The lowest BCUT2D eigenvalue weighted by molar-refractivity contribution is -0.166. The Bertz CT molecular complexity index is 723. The van der Waals surface area contributed by atoms with Crippen molar-refractivity contribution in [1.29, 1.82) is 0 Å². The van der Waals surface area contributed by atoms with Gasteiger partial charge in [-0.25, -0.2) is 0 Å². The van der Waals surface area contributed by atoms with Crippen molar-refractivity contribution in [3.8, 4) is 5.75 Å². The van der Waals surface area contributed by atoms with Crippen LogP contribution in [0.4, 0.5) is 0 Å². The number of amides is 2. The lowest BCUT2D eigenvalue weighted by Gasteiger charge is -2.43. The van der Waals surface area contributed by atoms with E-state index in [1.54, 1.807) is 17.0 Å². The molecule has 2 aliphatic heterocycles. The van der Waals surface area contributed by atoms with Crippen LogP contribution in [0.3, 0.4) is 0 Å². The van der Waals surface area contributed by atoms with Crippen molar-refractivity contribution in [2.24, 2.45) is 11.7 Å². The lowest BCUT2D eigenvalue weighted by atomic mass is 9.94. The molecule has 2 N–H and O–H groups in total. The van der Waals surface area contributed by atoms with Gasteiger partial charge in [0.05, 0.1) is 19.6 Å². The largest absolute Gasteiger partial charge is 0.490 e. The minimum Gasteiger partial charge on any atom is -0.490 e. The summed E-state index contributed by atoms with van der Waals surface area (Å²) in [6, 6.07) is 5.35. The predicted molar refractivity (Wildman–Crippen MR) is 104 cm³/mol. The number of rotatable bonds is 6. The fourth-order valence-electron chi connectivity index (χ4n) is 3.72. The SMILES string of the molecule is Cc1cc(OC[C@@]2(CC(N)=O)CN(C(=O)C3CCOCC3)CCO2)ccc1Cl. The van der Waals surface area contributed by atoms with Crippen LogP contribution in [0.15, 0.2) is 18.2 Å². The van der Waals surface area contributed by atoms with E-state index in [2.05, 4.69) is 0 Å². The van der Waals surface area contributed by atoms with E-state index < -0.39 is 11.5 Å². The highest BCUT2D eigenvalue weighted by Crippen LogP contribution is 2.28. The Kier molecular flexibility index (Phi) is 6.80. The second-order valence-corrected chi connectivity index (χ2v) is 7.93. The van der Waals surface area contributed by atoms with Crippen molar-refractivity contribution in [2.45, 2.75) is 31.8 Å². The van der Waals surface area contributed by atoms with Crippen LogP contribution in [0.2, 0.25) is 5.02 Å². The normalized spacial score (nSPS) is 23.4. The Morgan fingerprint density at radius 2 is 2.07 bits per heavy atom. The molecule has 2 aliphatic rings. The van der Waals surface area contributed by atoms with Crippen LogP contribution < -0.4 is 10.5 Å². The molecule has 28 heavy (non-hydrogen) atoms. The Morgan fingerprint density at radius 1 is 1.32 bits per heavy atom. The van der Waals surface area contributed by atoms with Gasteiger partial charge in [0, 0.05) is 30.7 Å². The first-order chi connectivity index (χ1) is 13.4. The molecule has 1 aromatic carbocycles. The van der Waals surface area contributed by atoms with E-state index in [0.29, 0.717) is 37.1 Å². The van der Waals surface area contributed by atoms with E-state index in [0.717, 1.165) is 18.4 Å². The quantitative estimate of drug-likeness (QED) is 0.773. The molecule has 154 valence electrons. The average Bonchev–Trinajstić information content (AvgIpc) is 2.69. The Labute approximate surface area is 170 Å². The maximum Gasteiger partial charge on any atom is 0.226 e. The van der Waals surface area contributed by atoms with Gasteiger partial charge in [0.15, 0.2) is 0 Å². The smallest absolute Gasteiger partial charge is 0.226 e. The van der Waals surface area contributed by atoms with Gasteiger partial charge >= 0.3 is 0 Å². The first kappa shape index (κ1) is 20.9. The summed E-state index contributed by atoms with van der Waals surface area (Å²) in [5, 5.41) is 0.654. The van der Waals surface area contributed by atoms with Crippen molar-refractivity contribution >= 4 is 23.4 Å². The molecule has 0 radical (unpaired) electrons. The van der Waals surface area contributed by atoms with Crippen molar-refractivity contribution < 1.29 is 23.8 Å². The van der Waals surface area contributed by atoms with E-state index in [1.807, 2.05) is 13.0 Å². The zero-order chi connectivity index (χ0) is 20.1. The fourth-order valence-corrected chi connectivity index (χ4v) is 3.84. The number of primary amides is 1. The molecule has 1 atom stereocenters. The molecule has 2 heterocycles. The molecule has 8 heteroatoms. The first-order valence-electron chi connectivity index (χ1n) is 9.56. The second-order valence-electron chi connectivity index (χ2n) is 7.52. The van der Waals surface area contributed by atoms with Crippen LogP contribution in [0.25, 0.3) is 0 Å². The molecule has 0 spiro atoms. The number of morpholine rings is 1. The van der Waals surface area contributed by atoms with Crippen LogP contribution in [0.5, 0.6) is 5.75 Å². The third-order valence-corrected chi connectivity index (χ3v) is 5.68. The maximum atomic E-state index is 12.9. The van der Waals surface area contributed by atoms with Crippen LogP contribution in [0.1, 0.15) is 24.8 Å². The third kappa shape index (κ3) is 5.16. The Balaban J connectivity index is 1.71. The van der Waals surface area contributed by atoms with Gasteiger partial charge in [0.2, 0.25) is 11.8 Å². The number of hydrogen-bond donors (Lipinski definition) is 1. The topological polar surface area (TPSA) is 91.1 Å². The summed E-state index contributed by atoms with van der Waals surface area (Å²) in [6.45, 7) is 4.33. The molecule has 0 aromatic heterocycles. The Hall–Kier alpha value is -1.83. The van der Waals surface area contributed by atoms with Crippen LogP contribution in [-0.4, -0.2) is 61.8 Å². The number of carbonyl (C=O) groups excluding carboxylic acids is 2. The summed E-state index contributed by atoms with van der Waals surface area (Å²) >= 11 is 6.06. The van der Waals surface area contributed by atoms with E-state index >= 15 is 0 Å². The number of aryl methyl sites for hydroxylation is 1. The second kappa shape index (κ2) is 9.11. The van der Waals surface area contributed by atoms with Gasteiger partial charge in [-0.2, -0.15) is 0 Å². The summed E-state index contributed by atoms with van der Waals surface area (Å²) in [6.07, 6.45) is 1.43. The van der Waals surface area contributed by atoms with Crippen LogP contribution >= 0.6 is 11.6 Å². The molecule has 1 aromatic rings. The highest BCUT2D eigenvalue weighted by Gasteiger charge is 2.42. The van der Waals surface area contributed by atoms with Crippen molar-refractivity contribution in [3.63, 3.8) is 0 Å².